The van der Waals surface area contributed by atoms with E-state index in [0.29, 0.717) is 11.2 Å². The number of nitro groups is 1. The Morgan fingerprint density at radius 3 is 2.95 bits per heavy atom. The number of hydrogen-bond acceptors (Lipinski definition) is 6. The van der Waals surface area contributed by atoms with E-state index in [0.717, 1.165) is 9.71 Å². The maximum Gasteiger partial charge on any atom is 0.293 e. The summed E-state index contributed by atoms with van der Waals surface area (Å²) in [5, 5.41) is 14.7. The Labute approximate surface area is 112 Å². The Morgan fingerprint density at radius 2 is 2.32 bits per heavy atom. The number of nitrogens with two attached hydrogens (primary N) is 1. The summed E-state index contributed by atoms with van der Waals surface area (Å²) in [6.07, 6.45) is 0.116. The molecule has 0 unspecified atom stereocenters. The molecule has 0 aliphatic carbocycles. The lowest BCUT2D eigenvalue weighted by Gasteiger charge is -2.05. The Kier molecular flexibility index (Phi) is 3.61. The van der Waals surface area contributed by atoms with Crippen LogP contribution in [-0.4, -0.2) is 22.4 Å². The molecule has 1 aromatic heterocycles. The summed E-state index contributed by atoms with van der Waals surface area (Å²) in [4.78, 5) is 25.5. The average molecular weight is 280 g/mol. The number of anilines is 1. The molecule has 100 valence electrons. The molecular weight excluding hydrogens is 268 g/mol. The van der Waals surface area contributed by atoms with E-state index in [1.54, 1.807) is 6.07 Å². The van der Waals surface area contributed by atoms with E-state index in [1.165, 1.54) is 17.4 Å². The van der Waals surface area contributed by atoms with Crippen molar-refractivity contribution in [3.05, 3.63) is 27.3 Å². The minimum Gasteiger partial charge on any atom is -0.379 e. The molecule has 2 aromatic rings. The quantitative estimate of drug-likeness (QED) is 0.640. The summed E-state index contributed by atoms with van der Waals surface area (Å²) in [6, 6.07) is 3.12. The fraction of sp³-hybridized carbons (Fsp3) is 0.273. The van der Waals surface area contributed by atoms with E-state index >= 15 is 0 Å². The molecule has 1 heterocycles. The van der Waals surface area contributed by atoms with E-state index in [-0.39, 0.29) is 18.7 Å². The largest absolute Gasteiger partial charge is 0.379 e. The smallest absolute Gasteiger partial charge is 0.293 e. The van der Waals surface area contributed by atoms with Gasteiger partial charge in [-0.1, -0.05) is 0 Å². The molecule has 19 heavy (non-hydrogen) atoms. The van der Waals surface area contributed by atoms with Crippen molar-refractivity contribution in [1.82, 2.24) is 4.98 Å². The second-order valence-electron chi connectivity index (χ2n) is 3.97. The number of nitrogens with zero attached hydrogens (tertiary/aromatic N) is 2. The van der Waals surface area contributed by atoms with Gasteiger partial charge < -0.3 is 11.1 Å². The van der Waals surface area contributed by atoms with Crippen LogP contribution in [0.15, 0.2) is 12.1 Å². The first-order valence-corrected chi connectivity index (χ1v) is 6.37. The zero-order chi connectivity index (χ0) is 14.0. The number of hydrogen-bond donors (Lipinski definition) is 2. The highest BCUT2D eigenvalue weighted by atomic mass is 32.1. The molecule has 7 nitrogen and oxygen atoms in total. The van der Waals surface area contributed by atoms with Crippen LogP contribution in [0.4, 0.5) is 11.4 Å². The lowest BCUT2D eigenvalue weighted by atomic mass is 10.2. The predicted molar refractivity (Wildman–Crippen MR) is 73.3 cm³/mol. The molecule has 1 aromatic carbocycles. The third kappa shape index (κ3) is 2.97. The van der Waals surface area contributed by atoms with Crippen LogP contribution >= 0.6 is 11.3 Å². The SMILES string of the molecule is Cc1nc2cc(NCCC(N)=O)c([N+](=O)[O-])cc2s1. The maximum atomic E-state index is 11.0. The van der Waals surface area contributed by atoms with E-state index in [2.05, 4.69) is 10.3 Å². The lowest BCUT2D eigenvalue weighted by Crippen LogP contribution is -2.16. The third-order valence-corrected chi connectivity index (χ3v) is 3.43. The van der Waals surface area contributed by atoms with Crippen LogP contribution < -0.4 is 11.1 Å². The number of benzene rings is 1. The fourth-order valence-electron chi connectivity index (χ4n) is 1.69. The van der Waals surface area contributed by atoms with Gasteiger partial charge in [-0.2, -0.15) is 0 Å². The second kappa shape index (κ2) is 5.19. The van der Waals surface area contributed by atoms with Gasteiger partial charge >= 0.3 is 0 Å². The molecule has 0 fully saturated rings. The highest BCUT2D eigenvalue weighted by Gasteiger charge is 2.16. The van der Waals surface area contributed by atoms with Crippen molar-refractivity contribution in [2.75, 3.05) is 11.9 Å². The van der Waals surface area contributed by atoms with E-state index < -0.39 is 10.8 Å². The molecule has 1 amide bonds. The van der Waals surface area contributed by atoms with Crippen LogP contribution in [0.25, 0.3) is 10.2 Å². The van der Waals surface area contributed by atoms with Gasteiger partial charge in [0.15, 0.2) is 0 Å². The van der Waals surface area contributed by atoms with Gasteiger partial charge in [-0.15, -0.1) is 11.3 Å². The first-order chi connectivity index (χ1) is 8.97. The molecule has 0 aliphatic rings. The molecule has 0 spiro atoms. The van der Waals surface area contributed by atoms with Crippen LogP contribution in [0.5, 0.6) is 0 Å². The average Bonchev–Trinajstić information content (AvgIpc) is 2.66. The number of rotatable bonds is 5. The van der Waals surface area contributed by atoms with Crippen LogP contribution in [0.2, 0.25) is 0 Å². The fourth-order valence-corrected chi connectivity index (χ4v) is 2.53. The van der Waals surface area contributed by atoms with Crippen molar-refractivity contribution in [1.29, 1.82) is 0 Å². The molecule has 2 rings (SSSR count). The van der Waals surface area contributed by atoms with Crippen molar-refractivity contribution < 1.29 is 9.72 Å². The number of nitro benzene ring substituents is 1. The van der Waals surface area contributed by atoms with Gasteiger partial charge in [-0.25, -0.2) is 4.98 Å². The number of carbonyl (C=O) groups excluding carboxylic acids is 1. The lowest BCUT2D eigenvalue weighted by molar-refractivity contribution is -0.383. The predicted octanol–water partition coefficient (Wildman–Crippen LogP) is 1.80. The number of primary amides is 1. The highest BCUT2D eigenvalue weighted by Crippen LogP contribution is 2.32. The molecule has 0 atom stereocenters. The van der Waals surface area contributed by atoms with Crippen LogP contribution in [-0.2, 0) is 4.79 Å². The van der Waals surface area contributed by atoms with Crippen molar-refractivity contribution in [2.45, 2.75) is 13.3 Å². The Hall–Kier alpha value is -2.22. The highest BCUT2D eigenvalue weighted by molar-refractivity contribution is 7.18. The molecule has 0 radical (unpaired) electrons. The summed E-state index contributed by atoms with van der Waals surface area (Å²) in [5.41, 5.74) is 6.05. The summed E-state index contributed by atoms with van der Waals surface area (Å²) in [6.45, 7) is 2.10. The standard InChI is InChI=1S/C11H12N4O3S/c1-6-14-8-4-7(13-3-2-11(12)16)9(15(17)18)5-10(8)19-6/h4-5,13H,2-3H2,1H3,(H2,12,16). The molecule has 8 heteroatoms. The number of nitrogens with one attached hydrogen (secondary N) is 1. The van der Waals surface area contributed by atoms with Gasteiger partial charge in [0.05, 0.1) is 20.1 Å². The summed E-state index contributed by atoms with van der Waals surface area (Å²) < 4.78 is 0.768. The Bertz CT molecular complexity index is 653. The Balaban J connectivity index is 2.35. The van der Waals surface area contributed by atoms with Gasteiger partial charge in [0.25, 0.3) is 5.69 Å². The zero-order valence-corrected chi connectivity index (χ0v) is 11.0. The number of fused-ring (bicyclic) bond motifs is 1. The monoisotopic (exact) mass is 280 g/mol. The number of carbonyl (C=O) groups is 1. The minimum absolute atomic E-state index is 0.0272. The second-order valence-corrected chi connectivity index (χ2v) is 5.20. The van der Waals surface area contributed by atoms with E-state index in [9.17, 15) is 14.9 Å². The molecule has 0 bridgehead atoms. The van der Waals surface area contributed by atoms with Crippen molar-refractivity contribution in [3.8, 4) is 0 Å². The van der Waals surface area contributed by atoms with Gasteiger partial charge in [0.2, 0.25) is 5.91 Å². The number of aromatic nitrogens is 1. The summed E-state index contributed by atoms with van der Waals surface area (Å²) >= 11 is 1.40. The van der Waals surface area contributed by atoms with Crippen molar-refractivity contribution in [3.63, 3.8) is 0 Å². The first kappa shape index (κ1) is 13.2. The molecule has 0 aliphatic heterocycles. The molecule has 3 N–H and O–H groups in total. The summed E-state index contributed by atoms with van der Waals surface area (Å²) in [5.74, 6) is -0.458. The molecular formula is C11H12N4O3S. The van der Waals surface area contributed by atoms with Crippen LogP contribution in [0.3, 0.4) is 0 Å². The van der Waals surface area contributed by atoms with Gasteiger partial charge in [0, 0.05) is 19.0 Å². The molecule has 0 saturated heterocycles. The number of aryl methyl sites for hydroxylation is 1. The minimum atomic E-state index is -0.458. The van der Waals surface area contributed by atoms with Gasteiger partial charge in [-0.05, 0) is 13.0 Å². The first-order valence-electron chi connectivity index (χ1n) is 5.55. The third-order valence-electron chi connectivity index (χ3n) is 2.50. The maximum absolute atomic E-state index is 11.0. The normalized spacial score (nSPS) is 10.6. The summed E-state index contributed by atoms with van der Waals surface area (Å²) in [7, 11) is 0. The van der Waals surface area contributed by atoms with E-state index in [1.807, 2.05) is 6.92 Å². The number of amides is 1. The Morgan fingerprint density at radius 1 is 1.58 bits per heavy atom. The molecule has 0 saturated carbocycles. The van der Waals surface area contributed by atoms with Crippen molar-refractivity contribution >= 4 is 38.8 Å². The van der Waals surface area contributed by atoms with Gasteiger partial charge in [0.1, 0.15) is 5.69 Å². The van der Waals surface area contributed by atoms with Crippen molar-refractivity contribution in [2.24, 2.45) is 5.73 Å². The topological polar surface area (TPSA) is 111 Å². The van der Waals surface area contributed by atoms with Crippen LogP contribution in [0.1, 0.15) is 11.4 Å². The number of thiazole rings is 1. The van der Waals surface area contributed by atoms with Crippen LogP contribution in [0, 0.1) is 17.0 Å². The zero-order valence-electron chi connectivity index (χ0n) is 10.2. The van der Waals surface area contributed by atoms with E-state index in [4.69, 9.17) is 5.73 Å². The van der Waals surface area contributed by atoms with Gasteiger partial charge in [-0.3, -0.25) is 14.9 Å².